The molecule has 9 rings (SSSR count). The van der Waals surface area contributed by atoms with Crippen molar-refractivity contribution in [2.75, 3.05) is 4.90 Å². The Morgan fingerprint density at radius 2 is 1.02 bits per heavy atom. The SMILES string of the molecule is c1ccc(-c2cccc(N(c3ccc(-c4cc5ccccc5c5ccccc45)cc3)c3ccccc3-c3cc4ccccc4o3)c2)cc1. The molecule has 0 N–H and O–H groups in total. The molecule has 226 valence electrons. The first kappa shape index (κ1) is 27.9. The van der Waals surface area contributed by atoms with E-state index in [1.165, 1.54) is 43.8 Å². The Balaban J connectivity index is 1.22. The van der Waals surface area contributed by atoms with Crippen molar-refractivity contribution < 1.29 is 4.42 Å². The Hall–Kier alpha value is -6.38. The average molecular weight is 614 g/mol. The number of furan rings is 1. The smallest absolute Gasteiger partial charge is 0.137 e. The lowest BCUT2D eigenvalue weighted by atomic mass is 9.93. The number of nitrogens with zero attached hydrogens (tertiary/aromatic N) is 1. The topological polar surface area (TPSA) is 16.4 Å². The van der Waals surface area contributed by atoms with Crippen LogP contribution in [-0.4, -0.2) is 0 Å². The van der Waals surface area contributed by atoms with Crippen LogP contribution in [0.5, 0.6) is 0 Å². The van der Waals surface area contributed by atoms with Crippen molar-refractivity contribution in [1.82, 2.24) is 0 Å². The zero-order chi connectivity index (χ0) is 31.9. The second kappa shape index (κ2) is 11.8. The second-order valence-corrected chi connectivity index (χ2v) is 12.2. The van der Waals surface area contributed by atoms with E-state index < -0.39 is 0 Å². The van der Waals surface area contributed by atoms with E-state index in [4.69, 9.17) is 4.42 Å². The fourth-order valence-electron chi connectivity index (χ4n) is 6.96. The molecule has 0 aliphatic heterocycles. The minimum absolute atomic E-state index is 0.843. The number of hydrogen-bond donors (Lipinski definition) is 0. The third-order valence-electron chi connectivity index (χ3n) is 9.25. The van der Waals surface area contributed by atoms with Gasteiger partial charge in [0.05, 0.1) is 5.69 Å². The lowest BCUT2D eigenvalue weighted by Gasteiger charge is -2.28. The third-order valence-corrected chi connectivity index (χ3v) is 9.25. The van der Waals surface area contributed by atoms with Gasteiger partial charge < -0.3 is 9.32 Å². The Kier molecular flexibility index (Phi) is 6.84. The molecule has 2 nitrogen and oxygen atoms in total. The zero-order valence-electron chi connectivity index (χ0n) is 26.3. The van der Waals surface area contributed by atoms with E-state index >= 15 is 0 Å². The highest BCUT2D eigenvalue weighted by Gasteiger charge is 2.20. The van der Waals surface area contributed by atoms with Gasteiger partial charge in [0.15, 0.2) is 0 Å². The molecule has 0 spiro atoms. The van der Waals surface area contributed by atoms with E-state index in [-0.39, 0.29) is 0 Å². The van der Waals surface area contributed by atoms with Gasteiger partial charge in [-0.05, 0) is 98.4 Å². The van der Waals surface area contributed by atoms with Gasteiger partial charge in [-0.25, -0.2) is 0 Å². The Bertz CT molecular complexity index is 2530. The molecule has 0 bridgehead atoms. The van der Waals surface area contributed by atoms with Crippen molar-refractivity contribution in [3.63, 3.8) is 0 Å². The largest absolute Gasteiger partial charge is 0.456 e. The van der Waals surface area contributed by atoms with E-state index in [9.17, 15) is 0 Å². The molecule has 0 fully saturated rings. The quantitative estimate of drug-likeness (QED) is 0.174. The van der Waals surface area contributed by atoms with Crippen LogP contribution in [0.2, 0.25) is 0 Å². The summed E-state index contributed by atoms with van der Waals surface area (Å²) in [5, 5.41) is 6.14. The van der Waals surface area contributed by atoms with Crippen LogP contribution in [0.25, 0.3) is 66.1 Å². The summed E-state index contributed by atoms with van der Waals surface area (Å²) in [7, 11) is 0. The fourth-order valence-corrected chi connectivity index (χ4v) is 6.96. The monoisotopic (exact) mass is 613 g/mol. The molecule has 0 unspecified atom stereocenters. The van der Waals surface area contributed by atoms with Crippen LogP contribution in [0.4, 0.5) is 17.1 Å². The molecule has 0 aliphatic rings. The van der Waals surface area contributed by atoms with Gasteiger partial charge in [0.1, 0.15) is 11.3 Å². The van der Waals surface area contributed by atoms with Crippen molar-refractivity contribution in [2.24, 2.45) is 0 Å². The van der Waals surface area contributed by atoms with Gasteiger partial charge in [-0.3, -0.25) is 0 Å². The Morgan fingerprint density at radius 1 is 0.354 bits per heavy atom. The minimum Gasteiger partial charge on any atom is -0.456 e. The summed E-state index contributed by atoms with van der Waals surface area (Å²) in [4.78, 5) is 2.34. The predicted molar refractivity (Wildman–Crippen MR) is 202 cm³/mol. The van der Waals surface area contributed by atoms with Gasteiger partial charge in [-0.15, -0.1) is 0 Å². The fraction of sp³-hybridized carbons (Fsp3) is 0. The van der Waals surface area contributed by atoms with Gasteiger partial charge in [0.25, 0.3) is 0 Å². The molecule has 0 saturated heterocycles. The van der Waals surface area contributed by atoms with E-state index in [2.05, 4.69) is 181 Å². The standard InChI is InChI=1S/C46H31NO/c1-2-13-32(14-3-1)34-17-12-18-38(29-34)47(44-23-10-9-22-42(44)46-31-36-16-5-11-24-45(36)48-46)37-27-25-33(26-28-37)43-30-35-15-4-6-19-39(35)40-20-7-8-21-41(40)43/h1-31H. The highest BCUT2D eigenvalue weighted by molar-refractivity contribution is 6.13. The molecule has 0 amide bonds. The molecule has 1 aromatic heterocycles. The van der Waals surface area contributed by atoms with Crippen molar-refractivity contribution in [2.45, 2.75) is 0 Å². The summed E-state index contributed by atoms with van der Waals surface area (Å²) in [6.07, 6.45) is 0. The molecule has 0 radical (unpaired) electrons. The molecule has 9 aromatic rings. The van der Waals surface area contributed by atoms with E-state index in [1.807, 2.05) is 12.1 Å². The minimum atomic E-state index is 0.843. The summed E-state index contributed by atoms with van der Waals surface area (Å²) in [6.45, 7) is 0. The second-order valence-electron chi connectivity index (χ2n) is 12.2. The molecule has 2 heteroatoms. The molecule has 1 heterocycles. The van der Waals surface area contributed by atoms with Crippen LogP contribution in [0, 0.1) is 0 Å². The normalized spacial score (nSPS) is 11.3. The summed E-state index contributed by atoms with van der Waals surface area (Å²) < 4.78 is 6.44. The van der Waals surface area contributed by atoms with Crippen LogP contribution in [-0.2, 0) is 0 Å². The van der Waals surface area contributed by atoms with E-state index in [1.54, 1.807) is 0 Å². The number of rotatable bonds is 6. The summed E-state index contributed by atoms with van der Waals surface area (Å²) in [5.41, 5.74) is 9.87. The number of hydrogen-bond acceptors (Lipinski definition) is 2. The molecular formula is C46H31NO. The first-order valence-electron chi connectivity index (χ1n) is 16.3. The first-order valence-corrected chi connectivity index (χ1v) is 16.3. The number of anilines is 3. The molecule has 48 heavy (non-hydrogen) atoms. The zero-order valence-corrected chi connectivity index (χ0v) is 26.3. The lowest BCUT2D eigenvalue weighted by Crippen LogP contribution is -2.11. The van der Waals surface area contributed by atoms with Crippen LogP contribution >= 0.6 is 0 Å². The highest BCUT2D eigenvalue weighted by Crippen LogP contribution is 2.44. The number of benzene rings is 8. The molecule has 0 atom stereocenters. The van der Waals surface area contributed by atoms with Crippen LogP contribution in [0.15, 0.2) is 192 Å². The van der Waals surface area contributed by atoms with Crippen LogP contribution in [0.1, 0.15) is 0 Å². The third kappa shape index (κ3) is 4.92. The van der Waals surface area contributed by atoms with E-state index in [0.717, 1.165) is 39.4 Å². The molecule has 0 aliphatic carbocycles. The Morgan fingerprint density at radius 3 is 1.85 bits per heavy atom. The Labute approximate surface area is 279 Å². The van der Waals surface area contributed by atoms with E-state index in [0.29, 0.717) is 0 Å². The molecule has 8 aromatic carbocycles. The maximum atomic E-state index is 6.44. The van der Waals surface area contributed by atoms with Gasteiger partial charge >= 0.3 is 0 Å². The van der Waals surface area contributed by atoms with Crippen molar-refractivity contribution >= 4 is 49.6 Å². The highest BCUT2D eigenvalue weighted by atomic mass is 16.3. The van der Waals surface area contributed by atoms with Crippen LogP contribution in [0.3, 0.4) is 0 Å². The summed E-state index contributed by atoms with van der Waals surface area (Å²) >= 11 is 0. The van der Waals surface area contributed by atoms with Crippen molar-refractivity contribution in [3.05, 3.63) is 188 Å². The van der Waals surface area contributed by atoms with Gasteiger partial charge in [-0.2, -0.15) is 0 Å². The maximum absolute atomic E-state index is 6.44. The number of para-hydroxylation sites is 2. The van der Waals surface area contributed by atoms with Gasteiger partial charge in [0, 0.05) is 22.3 Å². The molecule has 0 saturated carbocycles. The number of fused-ring (bicyclic) bond motifs is 4. The maximum Gasteiger partial charge on any atom is 0.137 e. The molecular weight excluding hydrogens is 583 g/mol. The summed E-state index contributed by atoms with van der Waals surface area (Å²) in [5.74, 6) is 0.843. The predicted octanol–water partition coefficient (Wildman–Crippen LogP) is 13.2. The first-order chi connectivity index (χ1) is 23.8. The van der Waals surface area contributed by atoms with Gasteiger partial charge in [-0.1, -0.05) is 133 Å². The van der Waals surface area contributed by atoms with Crippen LogP contribution < -0.4 is 4.90 Å². The average Bonchev–Trinajstić information content (AvgIpc) is 3.60. The van der Waals surface area contributed by atoms with Crippen molar-refractivity contribution in [1.29, 1.82) is 0 Å². The van der Waals surface area contributed by atoms with Gasteiger partial charge in [0.2, 0.25) is 0 Å². The summed E-state index contributed by atoms with van der Waals surface area (Å²) in [6, 6.07) is 66.9. The van der Waals surface area contributed by atoms with Crippen molar-refractivity contribution in [3.8, 4) is 33.6 Å². The lowest BCUT2D eigenvalue weighted by molar-refractivity contribution is 0.631.